The molecule has 0 heterocycles. The SMILES string of the molecule is O=C(O)[C@@H]1CC[C@H](C(=O)NC2Cc3ccccc3C2)C1. The van der Waals surface area contributed by atoms with Crippen LogP contribution in [0, 0.1) is 11.8 Å². The summed E-state index contributed by atoms with van der Waals surface area (Å²) in [5.74, 6) is -1.20. The number of hydrogen-bond donors (Lipinski definition) is 2. The van der Waals surface area contributed by atoms with Crippen molar-refractivity contribution >= 4 is 11.9 Å². The van der Waals surface area contributed by atoms with Gasteiger partial charge in [0.15, 0.2) is 0 Å². The molecule has 2 aliphatic carbocycles. The van der Waals surface area contributed by atoms with Crippen LogP contribution in [-0.2, 0) is 22.4 Å². The van der Waals surface area contributed by atoms with Crippen LogP contribution in [0.3, 0.4) is 0 Å². The van der Waals surface area contributed by atoms with Gasteiger partial charge in [0.05, 0.1) is 5.92 Å². The number of benzene rings is 1. The monoisotopic (exact) mass is 273 g/mol. The second kappa shape index (κ2) is 5.27. The minimum absolute atomic E-state index is 0.0338. The largest absolute Gasteiger partial charge is 0.481 e. The number of fused-ring (bicyclic) bond motifs is 1. The molecule has 2 atom stereocenters. The summed E-state index contributed by atoms with van der Waals surface area (Å²) in [6.07, 6.45) is 3.58. The average Bonchev–Trinajstić information content (AvgIpc) is 3.04. The Morgan fingerprint density at radius 1 is 1.05 bits per heavy atom. The standard InChI is InChI=1S/C16H19NO3/c18-15(12-5-6-13(7-12)16(19)20)17-14-8-10-3-1-2-4-11(10)9-14/h1-4,12-14H,5-9H2,(H,17,18)(H,19,20)/t12-,13+/m0/s1. The molecule has 4 heteroatoms. The first-order chi connectivity index (χ1) is 9.63. The lowest BCUT2D eigenvalue weighted by molar-refractivity contribution is -0.141. The van der Waals surface area contributed by atoms with E-state index in [1.54, 1.807) is 0 Å². The Balaban J connectivity index is 1.55. The van der Waals surface area contributed by atoms with E-state index < -0.39 is 5.97 Å². The van der Waals surface area contributed by atoms with Gasteiger partial charge in [0.2, 0.25) is 5.91 Å². The first-order valence-electron chi connectivity index (χ1n) is 7.23. The fraction of sp³-hybridized carbons (Fsp3) is 0.500. The van der Waals surface area contributed by atoms with E-state index in [-0.39, 0.29) is 23.8 Å². The summed E-state index contributed by atoms with van der Waals surface area (Å²) in [5, 5.41) is 12.1. The molecule has 1 fully saturated rings. The molecule has 3 rings (SSSR count). The van der Waals surface area contributed by atoms with Crippen LogP contribution in [0.5, 0.6) is 0 Å². The number of carboxylic acid groups (broad SMARTS) is 1. The van der Waals surface area contributed by atoms with Crippen molar-refractivity contribution in [3.8, 4) is 0 Å². The zero-order valence-corrected chi connectivity index (χ0v) is 11.3. The Bertz CT molecular complexity index is 515. The van der Waals surface area contributed by atoms with Crippen LogP contribution in [0.1, 0.15) is 30.4 Å². The van der Waals surface area contributed by atoms with Crippen molar-refractivity contribution in [2.24, 2.45) is 11.8 Å². The molecule has 0 aliphatic heterocycles. The molecule has 106 valence electrons. The number of aliphatic carboxylic acids is 1. The molecule has 4 nitrogen and oxygen atoms in total. The number of carboxylic acids is 1. The minimum atomic E-state index is -0.770. The van der Waals surface area contributed by atoms with Crippen LogP contribution in [0.4, 0.5) is 0 Å². The Labute approximate surface area is 118 Å². The number of nitrogens with one attached hydrogen (secondary N) is 1. The van der Waals surface area contributed by atoms with Gasteiger partial charge in [-0.2, -0.15) is 0 Å². The highest BCUT2D eigenvalue weighted by Gasteiger charge is 2.35. The normalized spacial score (nSPS) is 25.4. The number of amides is 1. The van der Waals surface area contributed by atoms with Gasteiger partial charge in [-0.25, -0.2) is 0 Å². The molecule has 2 aliphatic rings. The van der Waals surface area contributed by atoms with Gasteiger partial charge in [0.1, 0.15) is 0 Å². The van der Waals surface area contributed by atoms with E-state index in [9.17, 15) is 9.59 Å². The molecule has 0 radical (unpaired) electrons. The Morgan fingerprint density at radius 2 is 1.65 bits per heavy atom. The molecular weight excluding hydrogens is 254 g/mol. The fourth-order valence-corrected chi connectivity index (χ4v) is 3.42. The third-order valence-corrected chi connectivity index (χ3v) is 4.55. The molecule has 1 amide bonds. The van der Waals surface area contributed by atoms with E-state index in [0.29, 0.717) is 19.3 Å². The Morgan fingerprint density at radius 3 is 2.20 bits per heavy atom. The molecular formula is C16H19NO3. The lowest BCUT2D eigenvalue weighted by Crippen LogP contribution is -2.38. The topological polar surface area (TPSA) is 66.4 Å². The van der Waals surface area contributed by atoms with Gasteiger partial charge in [0, 0.05) is 12.0 Å². The molecule has 1 saturated carbocycles. The number of carbonyl (C=O) groups is 2. The van der Waals surface area contributed by atoms with Crippen LogP contribution >= 0.6 is 0 Å². The molecule has 0 unspecified atom stereocenters. The van der Waals surface area contributed by atoms with E-state index in [2.05, 4.69) is 17.4 Å². The predicted octanol–water partition coefficient (Wildman–Crippen LogP) is 1.77. The lowest BCUT2D eigenvalue weighted by Gasteiger charge is -2.16. The number of rotatable bonds is 3. The highest BCUT2D eigenvalue weighted by molar-refractivity contribution is 5.81. The molecule has 0 bridgehead atoms. The summed E-state index contributed by atoms with van der Waals surface area (Å²) in [6.45, 7) is 0. The van der Waals surface area contributed by atoms with E-state index in [1.807, 2.05) is 12.1 Å². The third kappa shape index (κ3) is 2.55. The van der Waals surface area contributed by atoms with Gasteiger partial charge < -0.3 is 10.4 Å². The van der Waals surface area contributed by atoms with Gasteiger partial charge in [0.25, 0.3) is 0 Å². The first kappa shape index (κ1) is 13.2. The van der Waals surface area contributed by atoms with Crippen molar-refractivity contribution in [2.45, 2.75) is 38.1 Å². The van der Waals surface area contributed by atoms with Gasteiger partial charge in [-0.1, -0.05) is 24.3 Å². The zero-order chi connectivity index (χ0) is 14.1. The second-order valence-corrected chi connectivity index (χ2v) is 5.93. The van der Waals surface area contributed by atoms with E-state index in [0.717, 1.165) is 12.8 Å². The van der Waals surface area contributed by atoms with Crippen molar-refractivity contribution in [3.05, 3.63) is 35.4 Å². The van der Waals surface area contributed by atoms with Gasteiger partial charge in [-0.05, 0) is 43.2 Å². The molecule has 0 spiro atoms. The van der Waals surface area contributed by atoms with Crippen molar-refractivity contribution in [1.29, 1.82) is 0 Å². The van der Waals surface area contributed by atoms with Gasteiger partial charge in [-0.15, -0.1) is 0 Å². The van der Waals surface area contributed by atoms with Crippen LogP contribution < -0.4 is 5.32 Å². The summed E-state index contributed by atoms with van der Waals surface area (Å²) in [5.41, 5.74) is 2.63. The first-order valence-corrected chi connectivity index (χ1v) is 7.23. The van der Waals surface area contributed by atoms with Crippen LogP contribution in [0.2, 0.25) is 0 Å². The minimum Gasteiger partial charge on any atom is -0.481 e. The summed E-state index contributed by atoms with van der Waals surface area (Å²) in [7, 11) is 0. The number of hydrogen-bond acceptors (Lipinski definition) is 2. The average molecular weight is 273 g/mol. The van der Waals surface area contributed by atoms with E-state index in [4.69, 9.17) is 5.11 Å². The van der Waals surface area contributed by atoms with Gasteiger partial charge in [-0.3, -0.25) is 9.59 Å². The maximum atomic E-state index is 12.2. The lowest BCUT2D eigenvalue weighted by atomic mass is 10.0. The summed E-state index contributed by atoms with van der Waals surface area (Å²) >= 11 is 0. The second-order valence-electron chi connectivity index (χ2n) is 5.93. The summed E-state index contributed by atoms with van der Waals surface area (Å²) < 4.78 is 0. The fourth-order valence-electron chi connectivity index (χ4n) is 3.42. The molecule has 1 aromatic carbocycles. The maximum Gasteiger partial charge on any atom is 0.306 e. The molecule has 0 saturated heterocycles. The van der Waals surface area contributed by atoms with E-state index in [1.165, 1.54) is 11.1 Å². The smallest absolute Gasteiger partial charge is 0.306 e. The van der Waals surface area contributed by atoms with Crippen molar-refractivity contribution in [3.63, 3.8) is 0 Å². The Hall–Kier alpha value is -1.84. The Kier molecular flexibility index (Phi) is 3.47. The molecule has 20 heavy (non-hydrogen) atoms. The summed E-state index contributed by atoms with van der Waals surface area (Å²) in [6, 6.07) is 8.44. The van der Waals surface area contributed by atoms with Crippen LogP contribution in [0.15, 0.2) is 24.3 Å². The van der Waals surface area contributed by atoms with Crippen molar-refractivity contribution in [2.75, 3.05) is 0 Å². The summed E-state index contributed by atoms with van der Waals surface area (Å²) in [4.78, 5) is 23.1. The van der Waals surface area contributed by atoms with Gasteiger partial charge >= 0.3 is 5.97 Å². The highest BCUT2D eigenvalue weighted by Crippen LogP contribution is 2.31. The molecule has 0 aromatic heterocycles. The van der Waals surface area contributed by atoms with Crippen molar-refractivity contribution in [1.82, 2.24) is 5.32 Å². The van der Waals surface area contributed by atoms with E-state index >= 15 is 0 Å². The number of carbonyl (C=O) groups excluding carboxylic acids is 1. The van der Waals surface area contributed by atoms with Crippen LogP contribution in [0.25, 0.3) is 0 Å². The predicted molar refractivity (Wildman–Crippen MR) is 74.2 cm³/mol. The molecule has 1 aromatic rings. The highest BCUT2D eigenvalue weighted by atomic mass is 16.4. The van der Waals surface area contributed by atoms with Crippen molar-refractivity contribution < 1.29 is 14.7 Å². The zero-order valence-electron chi connectivity index (χ0n) is 11.3. The quantitative estimate of drug-likeness (QED) is 0.882. The molecule has 2 N–H and O–H groups in total. The maximum absolute atomic E-state index is 12.2. The third-order valence-electron chi connectivity index (χ3n) is 4.55. The van der Waals surface area contributed by atoms with Crippen LogP contribution in [-0.4, -0.2) is 23.0 Å².